The number of aromatic nitrogens is 1. The number of rotatable bonds is 3. The van der Waals surface area contributed by atoms with Crippen LogP contribution in [-0.2, 0) is 6.54 Å². The molecular formula is C12H15NOSe. The van der Waals surface area contributed by atoms with E-state index in [9.17, 15) is 4.79 Å². The predicted octanol–water partition coefficient (Wildman–Crippen LogP) is 2.10. The van der Waals surface area contributed by atoms with E-state index in [0.29, 0.717) is 5.92 Å². The van der Waals surface area contributed by atoms with Gasteiger partial charge in [0.05, 0.1) is 0 Å². The molecule has 0 amide bonds. The summed E-state index contributed by atoms with van der Waals surface area (Å²) in [7, 11) is 0. The normalized spacial score (nSPS) is 11.4. The van der Waals surface area contributed by atoms with Gasteiger partial charge < -0.3 is 0 Å². The van der Waals surface area contributed by atoms with Gasteiger partial charge in [0, 0.05) is 0 Å². The SMILES string of the molecule is CC(C)CCn1[se]c2ccccc2c1=O. The molecule has 1 aromatic carbocycles. The van der Waals surface area contributed by atoms with Gasteiger partial charge in [-0.05, 0) is 0 Å². The van der Waals surface area contributed by atoms with Crippen molar-refractivity contribution in [2.75, 3.05) is 0 Å². The number of fused-ring (bicyclic) bond motifs is 1. The molecule has 0 saturated carbocycles. The van der Waals surface area contributed by atoms with E-state index in [2.05, 4.69) is 19.9 Å². The first kappa shape index (κ1) is 10.7. The van der Waals surface area contributed by atoms with Crippen molar-refractivity contribution >= 4 is 24.4 Å². The molecule has 0 fully saturated rings. The van der Waals surface area contributed by atoms with Crippen LogP contribution in [0.15, 0.2) is 29.1 Å². The van der Waals surface area contributed by atoms with Crippen molar-refractivity contribution in [3.8, 4) is 0 Å². The average Bonchev–Trinajstić information content (AvgIpc) is 2.54. The molecule has 0 spiro atoms. The number of benzene rings is 1. The van der Waals surface area contributed by atoms with E-state index in [1.165, 1.54) is 4.26 Å². The third-order valence-corrected chi connectivity index (χ3v) is 4.82. The molecule has 0 saturated heterocycles. The Balaban J connectivity index is 2.36. The van der Waals surface area contributed by atoms with Gasteiger partial charge in [0.1, 0.15) is 0 Å². The van der Waals surface area contributed by atoms with Crippen LogP contribution in [0.4, 0.5) is 0 Å². The Kier molecular flexibility index (Phi) is 3.13. The van der Waals surface area contributed by atoms with Crippen LogP contribution < -0.4 is 5.56 Å². The maximum absolute atomic E-state index is 12.0. The van der Waals surface area contributed by atoms with Crippen LogP contribution in [0.2, 0.25) is 0 Å². The summed E-state index contributed by atoms with van der Waals surface area (Å²) in [6, 6.07) is 7.97. The second-order valence-electron chi connectivity index (χ2n) is 4.18. The maximum atomic E-state index is 12.0. The fraction of sp³-hybridized carbons (Fsp3) is 0.417. The Hall–Kier alpha value is -0.791. The molecule has 2 rings (SSSR count). The van der Waals surface area contributed by atoms with Gasteiger partial charge in [-0.2, -0.15) is 0 Å². The van der Waals surface area contributed by atoms with Gasteiger partial charge in [-0.25, -0.2) is 0 Å². The summed E-state index contributed by atoms with van der Waals surface area (Å²) >= 11 is 0.211. The number of aryl methyl sites for hydroxylation is 1. The molecule has 0 aliphatic carbocycles. The van der Waals surface area contributed by atoms with E-state index in [4.69, 9.17) is 0 Å². The summed E-state index contributed by atoms with van der Waals surface area (Å²) in [5.41, 5.74) is 0.228. The summed E-state index contributed by atoms with van der Waals surface area (Å²) in [6.45, 7) is 5.30. The monoisotopic (exact) mass is 269 g/mol. The Bertz CT molecular complexity index is 510. The van der Waals surface area contributed by atoms with Crippen LogP contribution in [0.3, 0.4) is 0 Å². The molecule has 2 aromatic rings. The first-order valence-corrected chi connectivity index (χ1v) is 6.89. The fourth-order valence-electron chi connectivity index (χ4n) is 1.54. The molecule has 1 heterocycles. The summed E-state index contributed by atoms with van der Waals surface area (Å²) < 4.78 is 3.25. The fourth-order valence-corrected chi connectivity index (χ4v) is 3.66. The zero-order valence-electron chi connectivity index (χ0n) is 9.06. The predicted molar refractivity (Wildman–Crippen MR) is 64.6 cm³/mol. The quantitative estimate of drug-likeness (QED) is 0.781. The van der Waals surface area contributed by atoms with Gasteiger partial charge in [0.15, 0.2) is 0 Å². The van der Waals surface area contributed by atoms with Crippen molar-refractivity contribution in [1.29, 1.82) is 0 Å². The van der Waals surface area contributed by atoms with Gasteiger partial charge >= 0.3 is 95.3 Å². The molecule has 0 unspecified atom stereocenters. The van der Waals surface area contributed by atoms with E-state index >= 15 is 0 Å². The molecule has 15 heavy (non-hydrogen) atoms. The standard InChI is InChI=1S/C12H15NOSe/c1-9(2)7-8-13-12(14)10-5-3-4-6-11(10)15-13/h3-6,9H,7-8H2,1-2H3. The summed E-state index contributed by atoms with van der Waals surface area (Å²) in [6.07, 6.45) is 1.10. The van der Waals surface area contributed by atoms with Gasteiger partial charge in [-0.15, -0.1) is 0 Å². The molecular weight excluding hydrogens is 253 g/mol. The van der Waals surface area contributed by atoms with E-state index in [-0.39, 0.29) is 20.3 Å². The average molecular weight is 268 g/mol. The van der Waals surface area contributed by atoms with E-state index < -0.39 is 0 Å². The van der Waals surface area contributed by atoms with Crippen LogP contribution in [0.25, 0.3) is 9.65 Å². The van der Waals surface area contributed by atoms with Gasteiger partial charge in [0.25, 0.3) is 0 Å². The molecule has 80 valence electrons. The number of hydrogen-bond acceptors (Lipinski definition) is 1. The Morgan fingerprint density at radius 2 is 2.07 bits per heavy atom. The van der Waals surface area contributed by atoms with Crippen LogP contribution in [-0.4, -0.2) is 18.3 Å². The van der Waals surface area contributed by atoms with Gasteiger partial charge in [-0.3, -0.25) is 0 Å². The topological polar surface area (TPSA) is 22.0 Å². The summed E-state index contributed by atoms with van der Waals surface area (Å²) in [5, 5.41) is 0.918. The minimum atomic E-state index is 0.211. The van der Waals surface area contributed by atoms with E-state index in [0.717, 1.165) is 18.4 Å². The molecule has 0 aliphatic heterocycles. The second kappa shape index (κ2) is 4.38. The van der Waals surface area contributed by atoms with Crippen molar-refractivity contribution in [3.63, 3.8) is 0 Å². The molecule has 0 bridgehead atoms. The minimum absolute atomic E-state index is 0.211. The zero-order valence-corrected chi connectivity index (χ0v) is 10.8. The van der Waals surface area contributed by atoms with Crippen LogP contribution in [0, 0.1) is 5.92 Å². The van der Waals surface area contributed by atoms with E-state index in [1.54, 1.807) is 0 Å². The first-order chi connectivity index (χ1) is 7.18. The van der Waals surface area contributed by atoms with Crippen LogP contribution in [0.1, 0.15) is 20.3 Å². The van der Waals surface area contributed by atoms with Crippen LogP contribution >= 0.6 is 0 Å². The van der Waals surface area contributed by atoms with Crippen molar-refractivity contribution in [1.82, 2.24) is 3.56 Å². The van der Waals surface area contributed by atoms with Gasteiger partial charge in [0.2, 0.25) is 0 Å². The summed E-state index contributed by atoms with van der Waals surface area (Å²) in [5.74, 6) is 0.664. The number of hydrogen-bond donors (Lipinski definition) is 0. The third kappa shape index (κ3) is 2.24. The Morgan fingerprint density at radius 3 is 2.73 bits per heavy atom. The molecule has 0 N–H and O–H groups in total. The Morgan fingerprint density at radius 1 is 1.33 bits per heavy atom. The third-order valence-electron chi connectivity index (χ3n) is 2.46. The molecule has 2 nitrogen and oxygen atoms in total. The van der Waals surface area contributed by atoms with E-state index in [1.807, 2.05) is 21.8 Å². The number of nitrogens with zero attached hydrogens (tertiary/aromatic N) is 1. The molecule has 0 aliphatic rings. The zero-order chi connectivity index (χ0) is 10.8. The molecule has 0 atom stereocenters. The Labute approximate surface area is 95.5 Å². The van der Waals surface area contributed by atoms with Crippen molar-refractivity contribution < 1.29 is 0 Å². The van der Waals surface area contributed by atoms with Crippen LogP contribution in [0.5, 0.6) is 0 Å². The molecule has 3 heteroatoms. The van der Waals surface area contributed by atoms with Gasteiger partial charge in [-0.1, -0.05) is 0 Å². The molecule has 0 radical (unpaired) electrons. The second-order valence-corrected chi connectivity index (χ2v) is 6.41. The summed E-state index contributed by atoms with van der Waals surface area (Å²) in [4.78, 5) is 12.0. The molecule has 1 aromatic heterocycles. The van der Waals surface area contributed by atoms with Crippen molar-refractivity contribution in [2.45, 2.75) is 26.8 Å². The first-order valence-electron chi connectivity index (χ1n) is 5.27. The van der Waals surface area contributed by atoms with Crippen molar-refractivity contribution in [3.05, 3.63) is 34.6 Å². The van der Waals surface area contributed by atoms with Crippen molar-refractivity contribution in [2.24, 2.45) is 5.92 Å².